The van der Waals surface area contributed by atoms with Crippen LogP contribution in [0.15, 0.2) is 36.4 Å². The molecule has 3 rings (SSSR count). The molecule has 1 saturated heterocycles. The molecule has 0 spiro atoms. The summed E-state index contributed by atoms with van der Waals surface area (Å²) >= 11 is 6.22. The summed E-state index contributed by atoms with van der Waals surface area (Å²) in [6.45, 7) is 0.585. The molecule has 0 saturated carbocycles. The Morgan fingerprint density at radius 2 is 1.85 bits per heavy atom. The number of hydrogen-bond donors (Lipinski definition) is 1. The monoisotopic (exact) mass is 375 g/mol. The van der Waals surface area contributed by atoms with E-state index < -0.39 is 0 Å². The number of carbonyl (C=O) groups is 1. The number of halogens is 1. The van der Waals surface area contributed by atoms with Crippen molar-refractivity contribution in [3.05, 3.63) is 52.5 Å². The zero-order chi connectivity index (χ0) is 18.7. The summed E-state index contributed by atoms with van der Waals surface area (Å²) in [6, 6.07) is 11.4. The average molecular weight is 376 g/mol. The van der Waals surface area contributed by atoms with Crippen molar-refractivity contribution in [1.29, 1.82) is 0 Å². The van der Waals surface area contributed by atoms with Gasteiger partial charge in [0.05, 0.1) is 32.3 Å². The van der Waals surface area contributed by atoms with Crippen molar-refractivity contribution in [2.45, 2.75) is 12.3 Å². The van der Waals surface area contributed by atoms with Gasteiger partial charge in [-0.1, -0.05) is 29.8 Å². The maximum absolute atomic E-state index is 12.5. The Morgan fingerprint density at radius 1 is 1.08 bits per heavy atom. The molecule has 26 heavy (non-hydrogen) atoms. The second-order valence-electron chi connectivity index (χ2n) is 6.21. The molecule has 138 valence electrons. The van der Waals surface area contributed by atoms with Crippen molar-refractivity contribution in [1.82, 2.24) is 5.32 Å². The van der Waals surface area contributed by atoms with Crippen LogP contribution in [0.25, 0.3) is 0 Å². The van der Waals surface area contributed by atoms with E-state index in [1.165, 1.54) is 0 Å². The molecule has 2 atom stereocenters. The molecule has 1 aliphatic heterocycles. The van der Waals surface area contributed by atoms with Crippen LogP contribution in [0, 0.1) is 5.92 Å². The highest BCUT2D eigenvalue weighted by atomic mass is 35.5. The van der Waals surface area contributed by atoms with Gasteiger partial charge in [-0.2, -0.15) is 0 Å². The molecule has 2 aromatic carbocycles. The quantitative estimate of drug-likeness (QED) is 0.840. The van der Waals surface area contributed by atoms with Crippen molar-refractivity contribution in [3.63, 3.8) is 0 Å². The van der Waals surface area contributed by atoms with Crippen molar-refractivity contribution in [2.75, 3.05) is 27.9 Å². The first kappa shape index (κ1) is 18.4. The highest BCUT2D eigenvalue weighted by Gasteiger charge is 2.36. The zero-order valence-corrected chi connectivity index (χ0v) is 15.8. The van der Waals surface area contributed by atoms with Crippen LogP contribution in [-0.2, 0) is 11.2 Å². The van der Waals surface area contributed by atoms with Gasteiger partial charge in [-0.25, -0.2) is 0 Å². The maximum atomic E-state index is 12.5. The summed E-state index contributed by atoms with van der Waals surface area (Å²) in [7, 11) is 4.80. The van der Waals surface area contributed by atoms with Gasteiger partial charge < -0.3 is 19.5 Å². The minimum Gasteiger partial charge on any atom is -0.495 e. The number of carbonyl (C=O) groups excluding carboxylic acids is 1. The Labute approximate surface area is 158 Å². The fourth-order valence-electron chi connectivity index (χ4n) is 3.51. The maximum Gasteiger partial charge on any atom is 0.224 e. The van der Waals surface area contributed by atoms with E-state index in [-0.39, 0.29) is 17.7 Å². The molecule has 0 aromatic heterocycles. The van der Waals surface area contributed by atoms with E-state index in [1.54, 1.807) is 27.4 Å². The lowest BCUT2D eigenvalue weighted by Crippen LogP contribution is -2.21. The second kappa shape index (κ2) is 7.87. The van der Waals surface area contributed by atoms with Gasteiger partial charge in [-0.05, 0) is 35.7 Å². The third-order valence-corrected chi connectivity index (χ3v) is 5.14. The fourth-order valence-corrected chi connectivity index (χ4v) is 3.79. The van der Waals surface area contributed by atoms with E-state index in [0.717, 1.165) is 11.1 Å². The number of para-hydroxylation sites is 1. The van der Waals surface area contributed by atoms with Gasteiger partial charge in [0, 0.05) is 12.5 Å². The minimum atomic E-state index is -0.208. The van der Waals surface area contributed by atoms with E-state index in [0.29, 0.717) is 35.2 Å². The molecule has 0 unspecified atom stereocenters. The summed E-state index contributed by atoms with van der Waals surface area (Å²) in [6.07, 6.45) is 0.550. The lowest BCUT2D eigenvalue weighted by Gasteiger charge is -2.20. The van der Waals surface area contributed by atoms with Crippen LogP contribution in [0.3, 0.4) is 0 Å². The summed E-state index contributed by atoms with van der Waals surface area (Å²) in [4.78, 5) is 12.5. The van der Waals surface area contributed by atoms with Crippen molar-refractivity contribution in [2.24, 2.45) is 5.92 Å². The van der Waals surface area contributed by atoms with Gasteiger partial charge in [0.1, 0.15) is 5.75 Å². The summed E-state index contributed by atoms with van der Waals surface area (Å²) < 4.78 is 16.1. The minimum absolute atomic E-state index is 0.0333. The molecule has 1 fully saturated rings. The van der Waals surface area contributed by atoms with Gasteiger partial charge in [-0.15, -0.1) is 0 Å². The molecule has 0 aliphatic carbocycles. The Hall–Kier alpha value is -2.40. The van der Waals surface area contributed by atoms with Crippen molar-refractivity contribution in [3.8, 4) is 17.2 Å². The number of ether oxygens (including phenoxy) is 3. The topological polar surface area (TPSA) is 56.8 Å². The molecule has 2 aromatic rings. The summed E-state index contributed by atoms with van der Waals surface area (Å²) in [5, 5.41) is 3.52. The van der Waals surface area contributed by atoms with Crippen LogP contribution < -0.4 is 19.5 Å². The van der Waals surface area contributed by atoms with Crippen molar-refractivity contribution < 1.29 is 19.0 Å². The molecule has 0 radical (unpaired) electrons. The first-order valence-electron chi connectivity index (χ1n) is 8.40. The third-order valence-electron chi connectivity index (χ3n) is 4.85. The van der Waals surface area contributed by atoms with E-state index in [9.17, 15) is 4.79 Å². The van der Waals surface area contributed by atoms with Crippen LogP contribution in [0.1, 0.15) is 17.0 Å². The molecule has 1 amide bonds. The predicted molar refractivity (Wildman–Crippen MR) is 100 cm³/mol. The highest BCUT2D eigenvalue weighted by molar-refractivity contribution is 6.32. The Kier molecular flexibility index (Phi) is 5.57. The number of methoxy groups -OCH3 is 3. The second-order valence-corrected chi connectivity index (χ2v) is 6.62. The van der Waals surface area contributed by atoms with Gasteiger partial charge in [0.15, 0.2) is 11.5 Å². The van der Waals surface area contributed by atoms with E-state index in [2.05, 4.69) is 5.32 Å². The molecule has 1 aliphatic rings. The fraction of sp³-hybridized carbons (Fsp3) is 0.350. The molecule has 6 heteroatoms. The van der Waals surface area contributed by atoms with Gasteiger partial charge in [0.2, 0.25) is 5.91 Å². The molecule has 0 bridgehead atoms. The van der Waals surface area contributed by atoms with E-state index >= 15 is 0 Å². The van der Waals surface area contributed by atoms with Crippen LogP contribution in [0.2, 0.25) is 5.02 Å². The highest BCUT2D eigenvalue weighted by Crippen LogP contribution is 2.38. The molecular weight excluding hydrogens is 354 g/mol. The SMILES string of the molecule is COc1ccc([C@@H]2CNC(=O)[C@H]2Cc2cccc(Cl)c2OC)cc1OC. The number of rotatable bonds is 6. The Balaban J connectivity index is 1.92. The Bertz CT molecular complexity index is 808. The largest absolute Gasteiger partial charge is 0.495 e. The predicted octanol–water partition coefficient (Wildman–Crippen LogP) is 3.44. The lowest BCUT2D eigenvalue weighted by molar-refractivity contribution is -0.122. The lowest BCUT2D eigenvalue weighted by atomic mass is 9.84. The number of hydrogen-bond acceptors (Lipinski definition) is 4. The van der Waals surface area contributed by atoms with Gasteiger partial charge >= 0.3 is 0 Å². The average Bonchev–Trinajstić information content (AvgIpc) is 3.02. The van der Waals surface area contributed by atoms with Gasteiger partial charge in [0.25, 0.3) is 0 Å². The molecule has 5 nitrogen and oxygen atoms in total. The smallest absolute Gasteiger partial charge is 0.224 e. The molecular formula is C20H22ClNO4. The van der Waals surface area contributed by atoms with Crippen LogP contribution in [0.5, 0.6) is 17.2 Å². The van der Waals surface area contributed by atoms with E-state index in [1.807, 2.05) is 30.3 Å². The first-order chi connectivity index (χ1) is 12.6. The normalized spacial score (nSPS) is 19.2. The van der Waals surface area contributed by atoms with E-state index in [4.69, 9.17) is 25.8 Å². The number of benzene rings is 2. The van der Waals surface area contributed by atoms with Crippen molar-refractivity contribution >= 4 is 17.5 Å². The zero-order valence-electron chi connectivity index (χ0n) is 15.0. The summed E-state index contributed by atoms with van der Waals surface area (Å²) in [5.74, 6) is 1.81. The number of nitrogens with one attached hydrogen (secondary N) is 1. The standard InChI is InChI=1S/C20H22ClNO4/c1-24-17-8-7-12(10-18(17)25-2)15-11-22-20(23)14(15)9-13-5-4-6-16(21)19(13)26-3/h4-8,10,14-15H,9,11H2,1-3H3,(H,22,23)/t14-,15-/m0/s1. The third kappa shape index (κ3) is 3.44. The first-order valence-corrected chi connectivity index (χ1v) is 8.77. The van der Waals surface area contributed by atoms with Crippen LogP contribution in [-0.4, -0.2) is 33.8 Å². The Morgan fingerprint density at radius 3 is 2.54 bits per heavy atom. The summed E-state index contributed by atoms with van der Waals surface area (Å²) in [5.41, 5.74) is 1.96. The van der Waals surface area contributed by atoms with Crippen LogP contribution in [0.4, 0.5) is 0 Å². The van der Waals surface area contributed by atoms with Gasteiger partial charge in [-0.3, -0.25) is 4.79 Å². The van der Waals surface area contributed by atoms with Crippen LogP contribution >= 0.6 is 11.6 Å². The molecule has 1 N–H and O–H groups in total. The molecule has 1 heterocycles. The number of amides is 1.